The van der Waals surface area contributed by atoms with E-state index in [-0.39, 0.29) is 0 Å². The molecule has 3 aromatic rings. The third-order valence-corrected chi connectivity index (χ3v) is 4.97. The third kappa shape index (κ3) is 1.15. The molecule has 0 saturated heterocycles. The van der Waals surface area contributed by atoms with E-state index in [1.165, 1.54) is 38.6 Å². The summed E-state index contributed by atoms with van der Waals surface area (Å²) in [5, 5.41) is 0. The molecular weight excluding hydrogens is 240 g/mol. The Labute approximate surface area is 110 Å². The lowest BCUT2D eigenvalue weighted by molar-refractivity contribution is 1.01. The maximum atomic E-state index is 4.84. The van der Waals surface area contributed by atoms with Crippen LogP contribution in [0.2, 0.25) is 0 Å². The lowest BCUT2D eigenvalue weighted by Gasteiger charge is -1.99. The molecule has 0 fully saturated rings. The number of benzene rings is 1. The molecular formula is C15H14N2S. The molecule has 1 aliphatic rings. The van der Waals surface area contributed by atoms with E-state index in [0.29, 0.717) is 0 Å². The molecule has 90 valence electrons. The van der Waals surface area contributed by atoms with Gasteiger partial charge in [-0.1, -0.05) is 17.7 Å². The van der Waals surface area contributed by atoms with Crippen molar-refractivity contribution in [3.8, 4) is 11.3 Å². The van der Waals surface area contributed by atoms with Gasteiger partial charge in [-0.25, -0.2) is 4.98 Å². The van der Waals surface area contributed by atoms with Crippen molar-refractivity contribution in [1.29, 1.82) is 0 Å². The van der Waals surface area contributed by atoms with Gasteiger partial charge in [0.25, 0.3) is 0 Å². The van der Waals surface area contributed by atoms with Gasteiger partial charge in [0, 0.05) is 22.6 Å². The van der Waals surface area contributed by atoms with E-state index in [1.807, 2.05) is 0 Å². The van der Waals surface area contributed by atoms with Crippen LogP contribution in [0.4, 0.5) is 0 Å². The second-order valence-corrected chi connectivity index (χ2v) is 6.29. The van der Waals surface area contributed by atoms with Gasteiger partial charge in [0.05, 0.1) is 11.4 Å². The van der Waals surface area contributed by atoms with Crippen LogP contribution in [0.3, 0.4) is 0 Å². The summed E-state index contributed by atoms with van der Waals surface area (Å²) >= 11 is 1.79. The molecule has 0 radical (unpaired) electrons. The van der Waals surface area contributed by atoms with E-state index in [9.17, 15) is 0 Å². The van der Waals surface area contributed by atoms with Gasteiger partial charge in [-0.05, 0) is 32.4 Å². The Bertz CT molecular complexity index is 793. The van der Waals surface area contributed by atoms with Crippen molar-refractivity contribution in [3.63, 3.8) is 0 Å². The van der Waals surface area contributed by atoms with E-state index in [1.54, 1.807) is 11.3 Å². The van der Waals surface area contributed by atoms with Gasteiger partial charge < -0.3 is 0 Å². The molecule has 3 heteroatoms. The van der Waals surface area contributed by atoms with Crippen molar-refractivity contribution >= 4 is 16.3 Å². The second-order valence-electron chi connectivity index (χ2n) is 5.11. The fourth-order valence-electron chi connectivity index (χ4n) is 2.84. The molecule has 2 heterocycles. The zero-order chi connectivity index (χ0) is 12.4. The first-order valence-corrected chi connectivity index (χ1v) is 7.04. The topological polar surface area (TPSA) is 17.3 Å². The zero-order valence-corrected chi connectivity index (χ0v) is 11.6. The average Bonchev–Trinajstić information content (AvgIpc) is 2.91. The molecule has 0 bridgehead atoms. The number of rotatable bonds is 0. The minimum absolute atomic E-state index is 1.02. The highest BCUT2D eigenvalue weighted by Crippen LogP contribution is 2.39. The molecule has 1 aromatic carbocycles. The molecule has 0 spiro atoms. The van der Waals surface area contributed by atoms with Gasteiger partial charge in [-0.15, -0.1) is 11.3 Å². The molecule has 0 atom stereocenters. The molecule has 2 aromatic heterocycles. The fourth-order valence-corrected chi connectivity index (χ4v) is 3.83. The molecule has 18 heavy (non-hydrogen) atoms. The third-order valence-electron chi connectivity index (χ3n) is 3.91. The van der Waals surface area contributed by atoms with E-state index >= 15 is 0 Å². The van der Waals surface area contributed by atoms with Gasteiger partial charge >= 0.3 is 0 Å². The first kappa shape index (κ1) is 10.3. The predicted octanol–water partition coefficient (Wildman–Crippen LogP) is 3.89. The van der Waals surface area contributed by atoms with Gasteiger partial charge in [0.2, 0.25) is 0 Å². The maximum Gasteiger partial charge on any atom is 0.194 e. The Morgan fingerprint density at radius 3 is 2.89 bits per heavy atom. The Morgan fingerprint density at radius 2 is 2.06 bits per heavy atom. The van der Waals surface area contributed by atoms with E-state index < -0.39 is 0 Å². The van der Waals surface area contributed by atoms with Gasteiger partial charge in [0.15, 0.2) is 4.96 Å². The number of fused-ring (bicyclic) bond motifs is 5. The first-order chi connectivity index (χ1) is 8.65. The summed E-state index contributed by atoms with van der Waals surface area (Å²) in [6.45, 7) is 6.51. The lowest BCUT2D eigenvalue weighted by atomic mass is 10.1. The highest BCUT2D eigenvalue weighted by molar-refractivity contribution is 7.17. The molecule has 2 nitrogen and oxygen atoms in total. The SMILES string of the molecule is Cc1ccc2c(c1)-c1nc3sc(C)c(C)n3c1C2. The fraction of sp³-hybridized carbons (Fsp3) is 0.267. The average molecular weight is 254 g/mol. The normalized spacial score (nSPS) is 13.1. The van der Waals surface area contributed by atoms with Crippen molar-refractivity contribution in [1.82, 2.24) is 9.38 Å². The van der Waals surface area contributed by atoms with Crippen molar-refractivity contribution in [3.05, 3.63) is 45.6 Å². The minimum Gasteiger partial charge on any atom is -0.291 e. The number of aromatic nitrogens is 2. The Morgan fingerprint density at radius 1 is 1.22 bits per heavy atom. The molecule has 0 aliphatic heterocycles. The Balaban J connectivity index is 2.08. The number of imidazole rings is 1. The first-order valence-electron chi connectivity index (χ1n) is 6.22. The van der Waals surface area contributed by atoms with Crippen molar-refractivity contribution in [2.24, 2.45) is 0 Å². The van der Waals surface area contributed by atoms with Crippen LogP contribution in [0.1, 0.15) is 27.4 Å². The Hall–Kier alpha value is -1.61. The van der Waals surface area contributed by atoms with Crippen molar-refractivity contribution < 1.29 is 0 Å². The summed E-state index contributed by atoms with van der Waals surface area (Å²) in [7, 11) is 0. The molecule has 4 rings (SSSR count). The van der Waals surface area contributed by atoms with E-state index in [2.05, 4.69) is 43.4 Å². The van der Waals surface area contributed by atoms with Crippen molar-refractivity contribution in [2.75, 3.05) is 0 Å². The van der Waals surface area contributed by atoms with Crippen LogP contribution >= 0.6 is 11.3 Å². The van der Waals surface area contributed by atoms with E-state index in [0.717, 1.165) is 11.4 Å². The summed E-state index contributed by atoms with van der Waals surface area (Å²) in [5.74, 6) is 0. The summed E-state index contributed by atoms with van der Waals surface area (Å²) in [5.41, 5.74) is 7.96. The standard InChI is InChI=1S/C15H14N2S/c1-8-4-5-11-7-13-14(12(11)6-8)16-15-17(13)9(2)10(3)18-15/h4-6H,7H2,1-3H3. The van der Waals surface area contributed by atoms with Gasteiger partial charge in [-0.2, -0.15) is 0 Å². The largest absolute Gasteiger partial charge is 0.291 e. The highest BCUT2D eigenvalue weighted by Gasteiger charge is 2.26. The van der Waals surface area contributed by atoms with Gasteiger partial charge in [-0.3, -0.25) is 4.40 Å². The molecule has 1 aliphatic carbocycles. The smallest absolute Gasteiger partial charge is 0.194 e. The lowest BCUT2D eigenvalue weighted by Crippen LogP contribution is -1.92. The molecule has 0 unspecified atom stereocenters. The van der Waals surface area contributed by atoms with Crippen LogP contribution < -0.4 is 0 Å². The summed E-state index contributed by atoms with van der Waals surface area (Å²) in [6.07, 6.45) is 1.02. The Kier molecular flexibility index (Phi) is 1.86. The number of hydrogen-bond acceptors (Lipinski definition) is 2. The number of aryl methyl sites for hydroxylation is 3. The van der Waals surface area contributed by atoms with Gasteiger partial charge in [0.1, 0.15) is 0 Å². The van der Waals surface area contributed by atoms with Crippen LogP contribution in [-0.2, 0) is 6.42 Å². The van der Waals surface area contributed by atoms with Crippen LogP contribution in [-0.4, -0.2) is 9.38 Å². The van der Waals surface area contributed by atoms with Crippen molar-refractivity contribution in [2.45, 2.75) is 27.2 Å². The van der Waals surface area contributed by atoms with Crippen LogP contribution in [0.15, 0.2) is 18.2 Å². The predicted molar refractivity (Wildman–Crippen MR) is 75.5 cm³/mol. The molecule has 0 saturated carbocycles. The molecule has 0 N–H and O–H groups in total. The minimum atomic E-state index is 1.02. The maximum absolute atomic E-state index is 4.84. The van der Waals surface area contributed by atoms with E-state index in [4.69, 9.17) is 4.98 Å². The van der Waals surface area contributed by atoms with Crippen LogP contribution in [0.25, 0.3) is 16.2 Å². The summed E-state index contributed by atoms with van der Waals surface area (Å²) in [6, 6.07) is 6.70. The number of hydrogen-bond donors (Lipinski definition) is 0. The van der Waals surface area contributed by atoms with Crippen LogP contribution in [0, 0.1) is 20.8 Å². The highest BCUT2D eigenvalue weighted by atomic mass is 32.1. The summed E-state index contributed by atoms with van der Waals surface area (Å²) < 4.78 is 2.34. The van der Waals surface area contributed by atoms with Crippen LogP contribution in [0.5, 0.6) is 0 Å². The summed E-state index contributed by atoms with van der Waals surface area (Å²) in [4.78, 5) is 7.35. The monoisotopic (exact) mass is 254 g/mol. The quantitative estimate of drug-likeness (QED) is 0.465. The number of thiazole rings is 1. The molecule has 0 amide bonds. The zero-order valence-electron chi connectivity index (χ0n) is 10.7. The number of nitrogens with zero attached hydrogens (tertiary/aromatic N) is 2. The second kappa shape index (κ2) is 3.23.